The molecule has 11 heavy (non-hydrogen) atoms. The van der Waals surface area contributed by atoms with E-state index in [1.165, 1.54) is 0 Å². The summed E-state index contributed by atoms with van der Waals surface area (Å²) in [5.74, 6) is 0.447. The zero-order valence-corrected chi connectivity index (χ0v) is 6.50. The molecule has 1 aliphatic heterocycles. The summed E-state index contributed by atoms with van der Waals surface area (Å²) in [5.41, 5.74) is 0.958. The topological polar surface area (TPSA) is 29.1 Å². The van der Waals surface area contributed by atoms with E-state index in [0.717, 1.165) is 12.0 Å². The van der Waals surface area contributed by atoms with Crippen LogP contribution in [0.2, 0.25) is 0 Å². The third kappa shape index (κ3) is 0.897. The summed E-state index contributed by atoms with van der Waals surface area (Å²) in [6.07, 6.45) is 7.16. The molecule has 0 aromatic carbocycles. The van der Waals surface area contributed by atoms with Crippen molar-refractivity contribution in [2.24, 2.45) is 5.92 Å². The maximum absolute atomic E-state index is 11.2. The molecule has 0 radical (unpaired) electrons. The zero-order chi connectivity index (χ0) is 7.84. The van der Waals surface area contributed by atoms with Crippen molar-refractivity contribution in [3.05, 3.63) is 23.8 Å². The molecule has 1 amide bonds. The number of rotatable bonds is 0. The lowest BCUT2D eigenvalue weighted by Gasteiger charge is -2.12. The second-order valence-electron chi connectivity index (χ2n) is 3.11. The molecule has 0 saturated carbocycles. The minimum atomic E-state index is 0.117. The van der Waals surface area contributed by atoms with Crippen molar-refractivity contribution >= 4 is 5.91 Å². The molecule has 0 spiro atoms. The largest absolute Gasteiger partial charge is 0.349 e. The highest BCUT2D eigenvalue weighted by Gasteiger charge is 2.32. The van der Waals surface area contributed by atoms with Crippen LogP contribution in [-0.4, -0.2) is 11.9 Å². The van der Waals surface area contributed by atoms with Crippen molar-refractivity contribution in [2.45, 2.75) is 19.4 Å². The van der Waals surface area contributed by atoms with Gasteiger partial charge in [-0.15, -0.1) is 0 Å². The lowest BCUT2D eigenvalue weighted by Crippen LogP contribution is -2.24. The van der Waals surface area contributed by atoms with Gasteiger partial charge in [0.15, 0.2) is 0 Å². The van der Waals surface area contributed by atoms with Gasteiger partial charge in [-0.1, -0.05) is 18.2 Å². The molecular formula is C9H11NO. The second kappa shape index (κ2) is 2.22. The van der Waals surface area contributed by atoms with Gasteiger partial charge in [0.2, 0.25) is 5.91 Å². The molecule has 1 heterocycles. The summed E-state index contributed by atoms with van der Waals surface area (Å²) in [6.45, 7) is 2.04. The summed E-state index contributed by atoms with van der Waals surface area (Å²) < 4.78 is 0. The Kier molecular flexibility index (Phi) is 1.34. The Morgan fingerprint density at radius 2 is 2.45 bits per heavy atom. The first-order chi connectivity index (χ1) is 5.29. The molecule has 0 aromatic heterocycles. The Hall–Kier alpha value is -1.05. The van der Waals surface area contributed by atoms with Gasteiger partial charge in [-0.3, -0.25) is 4.79 Å². The Morgan fingerprint density at radius 3 is 3.18 bits per heavy atom. The Balaban J connectivity index is 2.34. The second-order valence-corrected chi connectivity index (χ2v) is 3.11. The molecule has 0 aromatic rings. The van der Waals surface area contributed by atoms with Crippen LogP contribution in [0.15, 0.2) is 23.8 Å². The Labute approximate surface area is 66.0 Å². The van der Waals surface area contributed by atoms with Crippen molar-refractivity contribution in [3.63, 3.8) is 0 Å². The van der Waals surface area contributed by atoms with Crippen LogP contribution in [0.3, 0.4) is 0 Å². The van der Waals surface area contributed by atoms with E-state index in [9.17, 15) is 4.79 Å². The van der Waals surface area contributed by atoms with Gasteiger partial charge in [0.1, 0.15) is 0 Å². The molecule has 1 fully saturated rings. The van der Waals surface area contributed by atoms with Gasteiger partial charge in [-0.2, -0.15) is 0 Å². The van der Waals surface area contributed by atoms with Crippen LogP contribution in [0.5, 0.6) is 0 Å². The fraction of sp³-hybridized carbons (Fsp3) is 0.444. The normalized spacial score (nSPS) is 34.6. The Morgan fingerprint density at radius 1 is 1.64 bits per heavy atom. The minimum absolute atomic E-state index is 0.117. The molecular weight excluding hydrogens is 138 g/mol. The van der Waals surface area contributed by atoms with Gasteiger partial charge < -0.3 is 5.32 Å². The highest BCUT2D eigenvalue weighted by molar-refractivity contribution is 5.97. The van der Waals surface area contributed by atoms with Crippen LogP contribution >= 0.6 is 0 Å². The first-order valence-electron chi connectivity index (χ1n) is 3.96. The van der Waals surface area contributed by atoms with Crippen LogP contribution in [0.4, 0.5) is 0 Å². The van der Waals surface area contributed by atoms with Crippen LogP contribution in [0.25, 0.3) is 0 Å². The summed E-state index contributed by atoms with van der Waals surface area (Å²) in [5, 5.41) is 2.90. The third-order valence-electron chi connectivity index (χ3n) is 2.34. The monoisotopic (exact) mass is 149 g/mol. The van der Waals surface area contributed by atoms with Crippen LogP contribution < -0.4 is 5.32 Å². The summed E-state index contributed by atoms with van der Waals surface area (Å²) in [4.78, 5) is 11.2. The van der Waals surface area contributed by atoms with E-state index in [1.807, 2.05) is 13.0 Å². The maximum Gasteiger partial charge on any atom is 0.247 e. The van der Waals surface area contributed by atoms with Gasteiger partial charge >= 0.3 is 0 Å². The van der Waals surface area contributed by atoms with Crippen molar-refractivity contribution in [1.82, 2.24) is 5.32 Å². The highest BCUT2D eigenvalue weighted by Crippen LogP contribution is 2.27. The molecule has 2 heteroatoms. The smallest absolute Gasteiger partial charge is 0.247 e. The predicted molar refractivity (Wildman–Crippen MR) is 42.9 cm³/mol. The predicted octanol–water partition coefficient (Wildman–Crippen LogP) is 1.01. The molecule has 58 valence electrons. The SMILES string of the molecule is C[C@@H]1NC(=O)C2=CCC=C[C@H]21. The van der Waals surface area contributed by atoms with Crippen LogP contribution in [0.1, 0.15) is 13.3 Å². The van der Waals surface area contributed by atoms with E-state index in [0.29, 0.717) is 5.92 Å². The molecule has 0 unspecified atom stereocenters. The Bertz CT molecular complexity index is 252. The zero-order valence-electron chi connectivity index (χ0n) is 6.50. The lowest BCUT2D eigenvalue weighted by atomic mass is 9.92. The molecule has 2 atom stereocenters. The average molecular weight is 149 g/mol. The van der Waals surface area contributed by atoms with Crippen molar-refractivity contribution < 1.29 is 4.79 Å². The van der Waals surface area contributed by atoms with Crippen molar-refractivity contribution in [1.29, 1.82) is 0 Å². The molecule has 1 N–H and O–H groups in total. The first kappa shape index (κ1) is 6.65. The van der Waals surface area contributed by atoms with Crippen molar-refractivity contribution in [3.8, 4) is 0 Å². The van der Waals surface area contributed by atoms with Crippen molar-refractivity contribution in [2.75, 3.05) is 0 Å². The van der Waals surface area contributed by atoms with Gasteiger partial charge in [0, 0.05) is 17.5 Å². The summed E-state index contributed by atoms with van der Waals surface area (Å²) in [7, 11) is 0. The fourth-order valence-corrected chi connectivity index (χ4v) is 1.72. The number of fused-ring (bicyclic) bond motifs is 1. The van der Waals surface area contributed by atoms with E-state index in [2.05, 4.69) is 17.5 Å². The molecule has 0 bridgehead atoms. The number of hydrogen-bond acceptors (Lipinski definition) is 1. The first-order valence-corrected chi connectivity index (χ1v) is 3.96. The van der Waals surface area contributed by atoms with E-state index in [4.69, 9.17) is 0 Å². The number of amides is 1. The number of carbonyl (C=O) groups is 1. The third-order valence-corrected chi connectivity index (χ3v) is 2.34. The molecule has 2 nitrogen and oxygen atoms in total. The van der Waals surface area contributed by atoms with E-state index >= 15 is 0 Å². The molecule has 1 aliphatic carbocycles. The van der Waals surface area contributed by atoms with E-state index < -0.39 is 0 Å². The maximum atomic E-state index is 11.2. The van der Waals surface area contributed by atoms with Crippen LogP contribution in [-0.2, 0) is 4.79 Å². The lowest BCUT2D eigenvalue weighted by molar-refractivity contribution is -0.116. The van der Waals surface area contributed by atoms with E-state index in [-0.39, 0.29) is 11.9 Å². The quantitative estimate of drug-likeness (QED) is 0.512. The van der Waals surface area contributed by atoms with Gasteiger partial charge in [-0.05, 0) is 13.3 Å². The minimum Gasteiger partial charge on any atom is -0.349 e. The fourth-order valence-electron chi connectivity index (χ4n) is 1.72. The standard InChI is InChI=1S/C9H11NO/c1-6-7-4-2-3-5-8(7)9(11)10-6/h2,4-7H,3H2,1H3,(H,10,11)/t6-,7-/m0/s1. The molecule has 2 rings (SSSR count). The summed E-state index contributed by atoms with van der Waals surface area (Å²) >= 11 is 0. The number of nitrogens with one attached hydrogen (secondary N) is 1. The van der Waals surface area contributed by atoms with Crippen LogP contribution in [0, 0.1) is 5.92 Å². The number of carbonyl (C=O) groups excluding carboxylic acids is 1. The van der Waals surface area contributed by atoms with Gasteiger partial charge in [-0.25, -0.2) is 0 Å². The average Bonchev–Trinajstić information content (AvgIpc) is 2.30. The van der Waals surface area contributed by atoms with Gasteiger partial charge in [0.05, 0.1) is 0 Å². The highest BCUT2D eigenvalue weighted by atomic mass is 16.2. The summed E-state index contributed by atoms with van der Waals surface area (Å²) in [6, 6.07) is 0.283. The molecule has 1 saturated heterocycles. The number of allylic oxidation sites excluding steroid dienone is 2. The van der Waals surface area contributed by atoms with Gasteiger partial charge in [0.25, 0.3) is 0 Å². The number of hydrogen-bond donors (Lipinski definition) is 1. The molecule has 2 aliphatic rings. The van der Waals surface area contributed by atoms with E-state index in [1.54, 1.807) is 0 Å².